The monoisotopic (exact) mass is 262 g/mol. The summed E-state index contributed by atoms with van der Waals surface area (Å²) in [5, 5.41) is 0. The van der Waals surface area contributed by atoms with Crippen molar-refractivity contribution in [2.24, 2.45) is 0 Å². The van der Waals surface area contributed by atoms with E-state index < -0.39 is 0 Å². The molecule has 1 heterocycles. The van der Waals surface area contributed by atoms with Crippen molar-refractivity contribution in [2.45, 2.75) is 38.8 Å². The minimum Gasteiger partial charge on any atom is -0.465 e. The Morgan fingerprint density at radius 2 is 2.32 bits per heavy atom. The Morgan fingerprint density at radius 1 is 1.53 bits per heavy atom. The van der Waals surface area contributed by atoms with E-state index in [1.54, 1.807) is 6.07 Å². The number of benzene rings is 1. The summed E-state index contributed by atoms with van der Waals surface area (Å²) in [6.07, 6.45) is 3.71. The summed E-state index contributed by atoms with van der Waals surface area (Å²) in [5.41, 5.74) is 7.87. The van der Waals surface area contributed by atoms with Gasteiger partial charge < -0.3 is 10.5 Å². The predicted molar refractivity (Wildman–Crippen MR) is 75.9 cm³/mol. The molecule has 1 aliphatic rings. The average molecular weight is 262 g/mol. The van der Waals surface area contributed by atoms with Gasteiger partial charge in [0, 0.05) is 18.3 Å². The highest BCUT2D eigenvalue weighted by molar-refractivity contribution is 5.95. The van der Waals surface area contributed by atoms with E-state index >= 15 is 0 Å². The van der Waals surface area contributed by atoms with Crippen molar-refractivity contribution in [3.8, 4) is 0 Å². The molecule has 1 fully saturated rings. The van der Waals surface area contributed by atoms with Crippen LogP contribution in [0.4, 0.5) is 5.69 Å². The fourth-order valence-corrected chi connectivity index (χ4v) is 2.79. The molecular weight excluding hydrogens is 240 g/mol. The van der Waals surface area contributed by atoms with Crippen molar-refractivity contribution in [1.82, 2.24) is 4.90 Å². The SMILES string of the molecule is CC[C@H]1CCCN1Cc1ccc(N)c(C(=O)OC)c1. The summed E-state index contributed by atoms with van der Waals surface area (Å²) in [7, 11) is 1.38. The molecule has 1 saturated heterocycles. The molecule has 1 aliphatic heterocycles. The molecule has 104 valence electrons. The second kappa shape index (κ2) is 6.06. The third-order valence-corrected chi connectivity index (χ3v) is 3.88. The van der Waals surface area contributed by atoms with Gasteiger partial charge in [0.2, 0.25) is 0 Å². The van der Waals surface area contributed by atoms with Crippen LogP contribution in [0.1, 0.15) is 42.1 Å². The normalized spacial score (nSPS) is 19.6. The van der Waals surface area contributed by atoms with Crippen LogP contribution in [0, 0.1) is 0 Å². The number of carbonyl (C=O) groups excluding carboxylic acids is 1. The molecule has 2 rings (SSSR count). The van der Waals surface area contributed by atoms with Crippen molar-refractivity contribution < 1.29 is 9.53 Å². The molecule has 0 saturated carbocycles. The number of likely N-dealkylation sites (tertiary alicyclic amines) is 1. The van der Waals surface area contributed by atoms with Crippen LogP contribution in [0.5, 0.6) is 0 Å². The van der Waals surface area contributed by atoms with Gasteiger partial charge in [-0.25, -0.2) is 4.79 Å². The van der Waals surface area contributed by atoms with Crippen molar-refractivity contribution in [3.05, 3.63) is 29.3 Å². The maximum Gasteiger partial charge on any atom is 0.339 e. The van der Waals surface area contributed by atoms with Crippen LogP contribution in [0.2, 0.25) is 0 Å². The minimum atomic E-state index is -0.368. The maximum absolute atomic E-state index is 11.6. The van der Waals surface area contributed by atoms with Gasteiger partial charge in [0.25, 0.3) is 0 Å². The zero-order valence-corrected chi connectivity index (χ0v) is 11.7. The Labute approximate surface area is 114 Å². The van der Waals surface area contributed by atoms with Crippen LogP contribution in [0.15, 0.2) is 18.2 Å². The van der Waals surface area contributed by atoms with Crippen molar-refractivity contribution in [2.75, 3.05) is 19.4 Å². The van der Waals surface area contributed by atoms with E-state index in [0.29, 0.717) is 17.3 Å². The molecule has 19 heavy (non-hydrogen) atoms. The summed E-state index contributed by atoms with van der Waals surface area (Å²) in [5.74, 6) is -0.368. The smallest absolute Gasteiger partial charge is 0.339 e. The van der Waals surface area contributed by atoms with Gasteiger partial charge in [-0.3, -0.25) is 4.90 Å². The van der Waals surface area contributed by atoms with E-state index in [1.807, 2.05) is 12.1 Å². The highest BCUT2D eigenvalue weighted by Gasteiger charge is 2.23. The van der Waals surface area contributed by atoms with E-state index in [-0.39, 0.29) is 5.97 Å². The van der Waals surface area contributed by atoms with Crippen LogP contribution in [-0.2, 0) is 11.3 Å². The number of nitrogen functional groups attached to an aromatic ring is 1. The zero-order valence-electron chi connectivity index (χ0n) is 11.7. The van der Waals surface area contributed by atoms with E-state index in [0.717, 1.165) is 18.7 Å². The first-order valence-corrected chi connectivity index (χ1v) is 6.86. The number of nitrogens with zero attached hydrogens (tertiary/aromatic N) is 1. The molecule has 1 aromatic carbocycles. The Bertz CT molecular complexity index is 459. The highest BCUT2D eigenvalue weighted by atomic mass is 16.5. The predicted octanol–water partition coefficient (Wildman–Crippen LogP) is 2.43. The van der Waals surface area contributed by atoms with Crippen molar-refractivity contribution in [3.63, 3.8) is 0 Å². The molecular formula is C15H22N2O2. The van der Waals surface area contributed by atoms with Crippen LogP contribution in [-0.4, -0.2) is 30.6 Å². The van der Waals surface area contributed by atoms with Crippen LogP contribution in [0.25, 0.3) is 0 Å². The molecule has 0 radical (unpaired) electrons. The Hall–Kier alpha value is -1.55. The third kappa shape index (κ3) is 3.07. The summed E-state index contributed by atoms with van der Waals surface area (Å²) in [4.78, 5) is 14.1. The molecule has 2 N–H and O–H groups in total. The van der Waals surface area contributed by atoms with Crippen LogP contribution >= 0.6 is 0 Å². The highest BCUT2D eigenvalue weighted by Crippen LogP contribution is 2.23. The number of anilines is 1. The lowest BCUT2D eigenvalue weighted by Gasteiger charge is -2.23. The summed E-state index contributed by atoms with van der Waals surface area (Å²) >= 11 is 0. The van der Waals surface area contributed by atoms with Gasteiger partial charge in [-0.15, -0.1) is 0 Å². The molecule has 1 aromatic rings. The zero-order chi connectivity index (χ0) is 13.8. The van der Waals surface area contributed by atoms with Gasteiger partial charge in [0.1, 0.15) is 0 Å². The first-order chi connectivity index (χ1) is 9.15. The second-order valence-electron chi connectivity index (χ2n) is 5.09. The van der Waals surface area contributed by atoms with Gasteiger partial charge in [-0.2, -0.15) is 0 Å². The number of rotatable bonds is 4. The molecule has 4 heteroatoms. The molecule has 4 nitrogen and oxygen atoms in total. The fourth-order valence-electron chi connectivity index (χ4n) is 2.79. The lowest BCUT2D eigenvalue weighted by atomic mass is 10.1. The number of ether oxygens (including phenoxy) is 1. The molecule has 0 unspecified atom stereocenters. The van der Waals surface area contributed by atoms with E-state index in [1.165, 1.54) is 26.4 Å². The van der Waals surface area contributed by atoms with Crippen LogP contribution < -0.4 is 5.73 Å². The first kappa shape index (κ1) is 13.9. The van der Waals surface area contributed by atoms with Crippen molar-refractivity contribution in [1.29, 1.82) is 0 Å². The van der Waals surface area contributed by atoms with Gasteiger partial charge >= 0.3 is 5.97 Å². The summed E-state index contributed by atoms with van der Waals surface area (Å²) in [6.45, 7) is 4.24. The molecule has 0 spiro atoms. The first-order valence-electron chi connectivity index (χ1n) is 6.86. The van der Waals surface area contributed by atoms with Gasteiger partial charge in [0.05, 0.1) is 12.7 Å². The van der Waals surface area contributed by atoms with E-state index in [2.05, 4.69) is 11.8 Å². The molecule has 0 aliphatic carbocycles. The van der Waals surface area contributed by atoms with Gasteiger partial charge in [-0.1, -0.05) is 13.0 Å². The fraction of sp³-hybridized carbons (Fsp3) is 0.533. The Balaban J connectivity index is 2.15. The largest absolute Gasteiger partial charge is 0.465 e. The number of methoxy groups -OCH3 is 1. The molecule has 0 aromatic heterocycles. The van der Waals surface area contributed by atoms with Gasteiger partial charge in [-0.05, 0) is 43.5 Å². The molecule has 0 amide bonds. The van der Waals surface area contributed by atoms with E-state index in [9.17, 15) is 4.79 Å². The number of hydrogen-bond donors (Lipinski definition) is 1. The third-order valence-electron chi connectivity index (χ3n) is 3.88. The Kier molecular flexibility index (Phi) is 4.43. The van der Waals surface area contributed by atoms with Crippen LogP contribution in [0.3, 0.4) is 0 Å². The lowest BCUT2D eigenvalue weighted by Crippen LogP contribution is -2.28. The molecule has 1 atom stereocenters. The topological polar surface area (TPSA) is 55.6 Å². The number of nitrogens with two attached hydrogens (primary N) is 1. The average Bonchev–Trinajstić information content (AvgIpc) is 2.87. The van der Waals surface area contributed by atoms with Crippen molar-refractivity contribution >= 4 is 11.7 Å². The minimum absolute atomic E-state index is 0.368. The van der Waals surface area contributed by atoms with Gasteiger partial charge in [0.15, 0.2) is 0 Å². The quantitative estimate of drug-likeness (QED) is 0.669. The second-order valence-corrected chi connectivity index (χ2v) is 5.09. The van der Waals surface area contributed by atoms with E-state index in [4.69, 9.17) is 10.5 Å². The Morgan fingerprint density at radius 3 is 3.00 bits per heavy atom. The maximum atomic E-state index is 11.6. The lowest BCUT2D eigenvalue weighted by molar-refractivity contribution is 0.0601. The number of esters is 1. The molecule has 0 bridgehead atoms. The summed E-state index contributed by atoms with van der Waals surface area (Å²) in [6, 6.07) is 6.30. The standard InChI is InChI=1S/C15H22N2O2/c1-3-12-5-4-8-17(12)10-11-6-7-14(16)13(9-11)15(18)19-2/h6-7,9,12H,3-5,8,10,16H2,1-2H3/t12-/m0/s1. The number of carbonyl (C=O) groups is 1. The number of hydrogen-bond acceptors (Lipinski definition) is 4. The summed E-state index contributed by atoms with van der Waals surface area (Å²) < 4.78 is 4.75.